The molecule has 5 nitrogen and oxygen atoms in total. The number of phenolic OH excluding ortho intramolecular Hbond substituents is 1. The van der Waals surface area contributed by atoms with Gasteiger partial charge in [0.05, 0.1) is 13.3 Å². The number of hydrogen-bond acceptors (Lipinski definition) is 5. The first-order chi connectivity index (χ1) is 7.81. The third kappa shape index (κ3) is 2.03. The fourth-order valence-electron chi connectivity index (χ4n) is 1.18. The van der Waals surface area contributed by atoms with E-state index in [4.69, 9.17) is 9.47 Å². The van der Waals surface area contributed by atoms with Crippen molar-refractivity contribution in [1.29, 1.82) is 0 Å². The van der Waals surface area contributed by atoms with Crippen molar-refractivity contribution >= 4 is 0 Å². The fraction of sp³-hybridized carbons (Fsp3) is 0.0909. The quantitative estimate of drug-likeness (QED) is 0.853. The van der Waals surface area contributed by atoms with E-state index >= 15 is 0 Å². The minimum absolute atomic E-state index is 0.0372. The molecule has 0 radical (unpaired) electrons. The molecule has 2 aromatic rings. The Morgan fingerprint density at radius 1 is 1.12 bits per heavy atom. The van der Waals surface area contributed by atoms with Gasteiger partial charge in [-0.15, -0.1) is 5.10 Å². The Morgan fingerprint density at radius 3 is 2.69 bits per heavy atom. The summed E-state index contributed by atoms with van der Waals surface area (Å²) in [4.78, 5) is 0. The Bertz CT molecular complexity index is 488. The zero-order valence-electron chi connectivity index (χ0n) is 8.62. The van der Waals surface area contributed by atoms with E-state index in [0.29, 0.717) is 11.5 Å². The summed E-state index contributed by atoms with van der Waals surface area (Å²) in [5.41, 5.74) is 0. The molecule has 1 aromatic heterocycles. The first kappa shape index (κ1) is 10.2. The molecule has 0 aliphatic rings. The van der Waals surface area contributed by atoms with Crippen molar-refractivity contribution in [2.75, 3.05) is 7.11 Å². The highest BCUT2D eigenvalue weighted by molar-refractivity contribution is 5.42. The molecule has 0 aliphatic heterocycles. The molecule has 0 saturated carbocycles. The van der Waals surface area contributed by atoms with E-state index in [1.165, 1.54) is 19.4 Å². The summed E-state index contributed by atoms with van der Waals surface area (Å²) in [5.74, 6) is 1.02. The van der Waals surface area contributed by atoms with Crippen molar-refractivity contribution in [3.63, 3.8) is 0 Å². The maximum absolute atomic E-state index is 9.52. The Morgan fingerprint density at radius 2 is 1.94 bits per heavy atom. The predicted octanol–water partition coefficient (Wildman–Crippen LogP) is 1.98. The van der Waals surface area contributed by atoms with Gasteiger partial charge in [-0.05, 0) is 12.1 Å². The second-order valence-corrected chi connectivity index (χ2v) is 2.97. The van der Waals surface area contributed by atoms with Crippen molar-refractivity contribution in [2.24, 2.45) is 0 Å². The summed E-state index contributed by atoms with van der Waals surface area (Å²) < 4.78 is 10.4. The van der Waals surface area contributed by atoms with Crippen LogP contribution in [0, 0.1) is 0 Å². The monoisotopic (exact) mass is 218 g/mol. The highest BCUT2D eigenvalue weighted by Crippen LogP contribution is 2.32. The molecule has 2 rings (SSSR count). The molecule has 82 valence electrons. The van der Waals surface area contributed by atoms with Crippen molar-refractivity contribution in [1.82, 2.24) is 10.2 Å². The molecule has 1 N–H and O–H groups in total. The molecule has 1 aromatic carbocycles. The number of phenols is 1. The van der Waals surface area contributed by atoms with Crippen LogP contribution in [0.3, 0.4) is 0 Å². The van der Waals surface area contributed by atoms with Crippen LogP contribution in [-0.2, 0) is 0 Å². The number of aromatic nitrogens is 2. The number of aromatic hydroxyl groups is 1. The van der Waals surface area contributed by atoms with Crippen LogP contribution in [0.25, 0.3) is 0 Å². The maximum Gasteiger partial charge on any atom is 0.281 e. The van der Waals surface area contributed by atoms with E-state index < -0.39 is 0 Å². The summed E-state index contributed by atoms with van der Waals surface area (Å²) in [5, 5.41) is 17.0. The van der Waals surface area contributed by atoms with Crippen LogP contribution in [0.2, 0.25) is 0 Å². The van der Waals surface area contributed by atoms with Gasteiger partial charge >= 0.3 is 0 Å². The molecule has 0 amide bonds. The highest BCUT2D eigenvalue weighted by Gasteiger charge is 2.09. The topological polar surface area (TPSA) is 64.5 Å². The first-order valence-corrected chi connectivity index (χ1v) is 4.63. The average Bonchev–Trinajstić information content (AvgIpc) is 2.33. The van der Waals surface area contributed by atoms with E-state index in [1.807, 2.05) is 0 Å². The molecule has 0 aliphatic carbocycles. The number of methoxy groups -OCH3 is 1. The standard InChI is InChI=1S/C11H10N2O3/c1-15-10-6-7-12-13-11(10)16-9-5-3-2-4-8(9)14/h2-7,14H,1H3. The molecule has 0 atom stereocenters. The summed E-state index contributed by atoms with van der Waals surface area (Å²) in [6, 6.07) is 8.23. The van der Waals surface area contributed by atoms with Crippen LogP contribution in [0.4, 0.5) is 0 Å². The fourth-order valence-corrected chi connectivity index (χ4v) is 1.18. The molecule has 1 heterocycles. The van der Waals surface area contributed by atoms with Crippen LogP contribution < -0.4 is 9.47 Å². The number of hydrogen-bond donors (Lipinski definition) is 1. The molecule has 0 unspecified atom stereocenters. The van der Waals surface area contributed by atoms with Gasteiger partial charge in [0.1, 0.15) is 0 Å². The van der Waals surface area contributed by atoms with Gasteiger partial charge in [-0.3, -0.25) is 0 Å². The minimum atomic E-state index is 0.0372. The molecular formula is C11H10N2O3. The smallest absolute Gasteiger partial charge is 0.281 e. The molecular weight excluding hydrogens is 208 g/mol. The number of rotatable bonds is 3. The number of para-hydroxylation sites is 2. The normalized spacial score (nSPS) is 9.81. The molecule has 0 fully saturated rings. The summed E-state index contributed by atoms with van der Waals surface area (Å²) >= 11 is 0. The van der Waals surface area contributed by atoms with Crippen molar-refractivity contribution in [3.05, 3.63) is 36.5 Å². The Balaban J connectivity index is 2.30. The van der Waals surface area contributed by atoms with Gasteiger partial charge in [-0.2, -0.15) is 5.10 Å². The summed E-state index contributed by atoms with van der Waals surface area (Å²) in [7, 11) is 1.51. The van der Waals surface area contributed by atoms with Gasteiger partial charge in [0, 0.05) is 6.07 Å². The van der Waals surface area contributed by atoms with Gasteiger partial charge in [-0.25, -0.2) is 0 Å². The molecule has 0 bridgehead atoms. The second-order valence-electron chi connectivity index (χ2n) is 2.97. The van der Waals surface area contributed by atoms with Gasteiger partial charge in [-0.1, -0.05) is 12.1 Å². The van der Waals surface area contributed by atoms with Crippen LogP contribution >= 0.6 is 0 Å². The largest absolute Gasteiger partial charge is 0.504 e. The molecule has 0 spiro atoms. The van der Waals surface area contributed by atoms with Crippen molar-refractivity contribution in [2.45, 2.75) is 0 Å². The second kappa shape index (κ2) is 4.48. The molecule has 5 heteroatoms. The van der Waals surface area contributed by atoms with Crippen LogP contribution in [0.1, 0.15) is 0 Å². The number of nitrogens with zero attached hydrogens (tertiary/aromatic N) is 2. The Labute approximate surface area is 92.3 Å². The lowest BCUT2D eigenvalue weighted by Crippen LogP contribution is -1.94. The van der Waals surface area contributed by atoms with Crippen LogP contribution in [-0.4, -0.2) is 22.4 Å². The third-order valence-electron chi connectivity index (χ3n) is 1.94. The number of benzene rings is 1. The maximum atomic E-state index is 9.52. The van der Waals surface area contributed by atoms with E-state index in [9.17, 15) is 5.11 Å². The van der Waals surface area contributed by atoms with Gasteiger partial charge < -0.3 is 14.6 Å². The molecule has 0 saturated heterocycles. The van der Waals surface area contributed by atoms with E-state index in [1.54, 1.807) is 24.3 Å². The minimum Gasteiger partial charge on any atom is -0.504 e. The zero-order valence-corrected chi connectivity index (χ0v) is 8.62. The average molecular weight is 218 g/mol. The van der Waals surface area contributed by atoms with E-state index in [2.05, 4.69) is 10.2 Å². The van der Waals surface area contributed by atoms with E-state index in [-0.39, 0.29) is 11.6 Å². The van der Waals surface area contributed by atoms with Crippen LogP contribution in [0.15, 0.2) is 36.5 Å². The van der Waals surface area contributed by atoms with Crippen LogP contribution in [0.5, 0.6) is 23.1 Å². The lowest BCUT2D eigenvalue weighted by atomic mass is 10.3. The van der Waals surface area contributed by atoms with Crippen molar-refractivity contribution in [3.8, 4) is 23.1 Å². The van der Waals surface area contributed by atoms with Gasteiger partial charge in [0.25, 0.3) is 5.88 Å². The molecule has 16 heavy (non-hydrogen) atoms. The zero-order chi connectivity index (χ0) is 11.4. The third-order valence-corrected chi connectivity index (χ3v) is 1.94. The van der Waals surface area contributed by atoms with E-state index in [0.717, 1.165) is 0 Å². The van der Waals surface area contributed by atoms with Gasteiger partial charge in [0.15, 0.2) is 17.2 Å². The summed E-state index contributed by atoms with van der Waals surface area (Å²) in [6.45, 7) is 0. The van der Waals surface area contributed by atoms with Crippen molar-refractivity contribution < 1.29 is 14.6 Å². The lowest BCUT2D eigenvalue weighted by molar-refractivity contribution is 0.353. The Kier molecular flexibility index (Phi) is 2.86. The van der Waals surface area contributed by atoms with Gasteiger partial charge in [0.2, 0.25) is 0 Å². The SMILES string of the molecule is COc1ccnnc1Oc1ccccc1O. The predicted molar refractivity (Wildman–Crippen MR) is 56.8 cm³/mol. The summed E-state index contributed by atoms with van der Waals surface area (Å²) in [6.07, 6.45) is 1.50. The first-order valence-electron chi connectivity index (χ1n) is 4.63. The lowest BCUT2D eigenvalue weighted by Gasteiger charge is -2.08. The Hall–Kier alpha value is -2.30. The number of ether oxygens (including phenoxy) is 2. The highest BCUT2D eigenvalue weighted by atomic mass is 16.5.